The largest absolute Gasteiger partial charge is 0.394 e. The lowest BCUT2D eigenvalue weighted by Crippen LogP contribution is -2.48. The van der Waals surface area contributed by atoms with E-state index in [0.717, 1.165) is 24.9 Å². The molecule has 2 rings (SSSR count). The van der Waals surface area contributed by atoms with Gasteiger partial charge >= 0.3 is 0 Å². The van der Waals surface area contributed by atoms with Crippen molar-refractivity contribution in [3.63, 3.8) is 0 Å². The lowest BCUT2D eigenvalue weighted by atomic mass is 9.77. The Morgan fingerprint density at radius 3 is 2.88 bits per heavy atom. The third-order valence-corrected chi connectivity index (χ3v) is 3.24. The number of anilines is 1. The first kappa shape index (κ1) is 11.9. The normalized spacial score (nSPS) is 17.1. The van der Waals surface area contributed by atoms with Gasteiger partial charge in [-0.25, -0.2) is 0 Å². The molecule has 1 aliphatic rings. The second kappa shape index (κ2) is 4.71. The van der Waals surface area contributed by atoms with Crippen LogP contribution in [0, 0.1) is 0 Å². The molecular weight excluding hydrogens is 218 g/mol. The van der Waals surface area contributed by atoms with E-state index in [0.29, 0.717) is 5.69 Å². The summed E-state index contributed by atoms with van der Waals surface area (Å²) < 4.78 is 0. The second-order valence-corrected chi connectivity index (χ2v) is 4.43. The van der Waals surface area contributed by atoms with E-state index in [2.05, 4.69) is 15.6 Å². The fourth-order valence-corrected chi connectivity index (χ4v) is 1.99. The molecule has 1 saturated carbocycles. The van der Waals surface area contributed by atoms with Crippen molar-refractivity contribution in [2.45, 2.75) is 24.8 Å². The molecule has 1 fully saturated rings. The third-order valence-electron chi connectivity index (χ3n) is 3.24. The lowest BCUT2D eigenvalue weighted by molar-refractivity contribution is 0.0958. The Bertz CT molecular complexity index is 410. The number of carbonyl (C=O) groups excluding carboxylic acids is 1. The van der Waals surface area contributed by atoms with Crippen molar-refractivity contribution in [2.75, 3.05) is 19.0 Å². The van der Waals surface area contributed by atoms with Crippen molar-refractivity contribution in [2.24, 2.45) is 0 Å². The van der Waals surface area contributed by atoms with Gasteiger partial charge in [0.25, 0.3) is 5.91 Å². The van der Waals surface area contributed by atoms with E-state index < -0.39 is 0 Å². The Hall–Kier alpha value is -1.62. The van der Waals surface area contributed by atoms with Crippen molar-refractivity contribution in [1.82, 2.24) is 10.3 Å². The number of hydrogen-bond donors (Lipinski definition) is 3. The number of aliphatic hydroxyl groups excluding tert-OH is 1. The quantitative estimate of drug-likeness (QED) is 0.720. The number of amides is 1. The Balaban J connectivity index is 2.13. The number of hydrogen-bond acceptors (Lipinski definition) is 4. The Labute approximate surface area is 100 Å². The Morgan fingerprint density at radius 1 is 1.59 bits per heavy atom. The first-order valence-electron chi connectivity index (χ1n) is 5.76. The van der Waals surface area contributed by atoms with Crippen LogP contribution >= 0.6 is 0 Å². The minimum absolute atomic E-state index is 0.116. The van der Waals surface area contributed by atoms with Gasteiger partial charge in [0.05, 0.1) is 12.1 Å². The van der Waals surface area contributed by atoms with E-state index in [1.54, 1.807) is 19.3 Å². The molecule has 1 heterocycles. The predicted octanol–water partition coefficient (Wildman–Crippen LogP) is 0.768. The van der Waals surface area contributed by atoms with Crippen molar-refractivity contribution >= 4 is 11.6 Å². The van der Waals surface area contributed by atoms with Crippen LogP contribution in [-0.4, -0.2) is 35.2 Å². The minimum Gasteiger partial charge on any atom is -0.394 e. The van der Waals surface area contributed by atoms with Gasteiger partial charge in [0.15, 0.2) is 0 Å². The molecule has 1 aromatic rings. The van der Waals surface area contributed by atoms with Crippen LogP contribution in [0.2, 0.25) is 0 Å². The second-order valence-electron chi connectivity index (χ2n) is 4.43. The standard InChI is InChI=1S/C12H17N3O2/c1-13-11(17)10-7-9(3-6-14-10)15-12(8-16)4-2-5-12/h3,6-7,16H,2,4-5,8H2,1H3,(H,13,17)(H,14,15). The molecule has 0 spiro atoms. The third kappa shape index (κ3) is 2.39. The molecule has 0 aliphatic heterocycles. The van der Waals surface area contributed by atoms with Crippen LogP contribution in [0.3, 0.4) is 0 Å². The average Bonchev–Trinajstić information content (AvgIpc) is 2.33. The molecular formula is C12H17N3O2. The molecule has 0 saturated heterocycles. The van der Waals surface area contributed by atoms with Crippen LogP contribution in [0.15, 0.2) is 18.3 Å². The maximum Gasteiger partial charge on any atom is 0.269 e. The van der Waals surface area contributed by atoms with Gasteiger partial charge < -0.3 is 15.7 Å². The highest BCUT2D eigenvalue weighted by Gasteiger charge is 2.36. The number of pyridine rings is 1. The van der Waals surface area contributed by atoms with Crippen LogP contribution < -0.4 is 10.6 Å². The van der Waals surface area contributed by atoms with Crippen LogP contribution in [0.1, 0.15) is 29.8 Å². The van der Waals surface area contributed by atoms with Gasteiger partial charge in [0.2, 0.25) is 0 Å². The molecule has 5 nitrogen and oxygen atoms in total. The molecule has 1 aliphatic carbocycles. The van der Waals surface area contributed by atoms with E-state index in [1.807, 2.05) is 6.07 Å². The summed E-state index contributed by atoms with van der Waals surface area (Å²) in [6.07, 6.45) is 4.64. The zero-order valence-electron chi connectivity index (χ0n) is 9.86. The number of aliphatic hydroxyl groups is 1. The fraction of sp³-hybridized carbons (Fsp3) is 0.500. The highest BCUT2D eigenvalue weighted by molar-refractivity contribution is 5.92. The fourth-order valence-electron chi connectivity index (χ4n) is 1.99. The van der Waals surface area contributed by atoms with E-state index in [-0.39, 0.29) is 18.1 Å². The molecule has 0 bridgehead atoms. The molecule has 0 unspecified atom stereocenters. The van der Waals surface area contributed by atoms with Gasteiger partial charge in [-0.15, -0.1) is 0 Å². The van der Waals surface area contributed by atoms with Crippen LogP contribution in [0.25, 0.3) is 0 Å². The summed E-state index contributed by atoms with van der Waals surface area (Å²) >= 11 is 0. The smallest absolute Gasteiger partial charge is 0.269 e. The highest BCUT2D eigenvalue weighted by atomic mass is 16.3. The zero-order chi connectivity index (χ0) is 12.3. The lowest BCUT2D eigenvalue weighted by Gasteiger charge is -2.41. The van der Waals surface area contributed by atoms with E-state index in [1.165, 1.54) is 0 Å². The summed E-state index contributed by atoms with van der Waals surface area (Å²) in [4.78, 5) is 15.4. The number of carbonyl (C=O) groups is 1. The van der Waals surface area contributed by atoms with Crippen LogP contribution in [0.5, 0.6) is 0 Å². The molecule has 1 aromatic heterocycles. The monoisotopic (exact) mass is 235 g/mol. The van der Waals surface area contributed by atoms with Gasteiger partial charge in [0, 0.05) is 18.9 Å². The summed E-state index contributed by atoms with van der Waals surface area (Å²) in [5.41, 5.74) is 0.999. The van der Waals surface area contributed by atoms with Gasteiger partial charge in [-0.3, -0.25) is 9.78 Å². The first-order valence-corrected chi connectivity index (χ1v) is 5.76. The topological polar surface area (TPSA) is 74.2 Å². The van der Waals surface area contributed by atoms with Crippen molar-refractivity contribution in [3.8, 4) is 0 Å². The molecule has 5 heteroatoms. The maximum absolute atomic E-state index is 11.4. The van der Waals surface area contributed by atoms with Gasteiger partial charge in [-0.05, 0) is 31.4 Å². The molecule has 92 valence electrons. The summed E-state index contributed by atoms with van der Waals surface area (Å²) in [5, 5.41) is 15.2. The van der Waals surface area contributed by atoms with E-state index in [4.69, 9.17) is 0 Å². The SMILES string of the molecule is CNC(=O)c1cc(NC2(CO)CCC2)ccn1. The Kier molecular flexibility index (Phi) is 3.28. The van der Waals surface area contributed by atoms with Crippen LogP contribution in [-0.2, 0) is 0 Å². The van der Waals surface area contributed by atoms with Crippen molar-refractivity contribution in [1.29, 1.82) is 0 Å². The van der Waals surface area contributed by atoms with Gasteiger partial charge in [-0.2, -0.15) is 0 Å². The molecule has 0 radical (unpaired) electrons. The molecule has 3 N–H and O–H groups in total. The van der Waals surface area contributed by atoms with Crippen molar-refractivity contribution in [3.05, 3.63) is 24.0 Å². The van der Waals surface area contributed by atoms with E-state index >= 15 is 0 Å². The summed E-state index contributed by atoms with van der Waals surface area (Å²) in [7, 11) is 1.57. The Morgan fingerprint density at radius 2 is 2.35 bits per heavy atom. The molecule has 0 aromatic carbocycles. The van der Waals surface area contributed by atoms with Crippen molar-refractivity contribution < 1.29 is 9.90 Å². The van der Waals surface area contributed by atoms with Gasteiger partial charge in [-0.1, -0.05) is 0 Å². The minimum atomic E-state index is -0.208. The summed E-state index contributed by atoms with van der Waals surface area (Å²) in [5.74, 6) is -0.208. The first-order chi connectivity index (χ1) is 8.19. The summed E-state index contributed by atoms with van der Waals surface area (Å²) in [6.45, 7) is 0.116. The zero-order valence-corrected chi connectivity index (χ0v) is 9.86. The highest BCUT2D eigenvalue weighted by Crippen LogP contribution is 2.34. The number of rotatable bonds is 4. The summed E-state index contributed by atoms with van der Waals surface area (Å²) in [6, 6.07) is 3.51. The maximum atomic E-state index is 11.4. The predicted molar refractivity (Wildman–Crippen MR) is 64.9 cm³/mol. The van der Waals surface area contributed by atoms with E-state index in [9.17, 15) is 9.90 Å². The van der Waals surface area contributed by atoms with Crippen LogP contribution in [0.4, 0.5) is 5.69 Å². The average molecular weight is 235 g/mol. The van der Waals surface area contributed by atoms with Gasteiger partial charge in [0.1, 0.15) is 5.69 Å². The number of nitrogens with one attached hydrogen (secondary N) is 2. The number of aromatic nitrogens is 1. The number of nitrogens with zero attached hydrogens (tertiary/aromatic N) is 1. The molecule has 17 heavy (non-hydrogen) atoms. The molecule has 1 amide bonds. The molecule has 0 atom stereocenters.